The Kier molecular flexibility index (Phi) is 6.82. The van der Waals surface area contributed by atoms with E-state index in [1.807, 2.05) is 31.2 Å². The van der Waals surface area contributed by atoms with E-state index in [0.717, 1.165) is 10.6 Å². The Balaban J connectivity index is 1.87. The number of hydrogen-bond donors (Lipinski definition) is 0. The van der Waals surface area contributed by atoms with Crippen molar-refractivity contribution in [3.05, 3.63) is 64.2 Å². The molecular weight excluding hydrogens is 342 g/mol. The molecule has 2 rings (SSSR count). The number of nitro benzene ring substituents is 1. The number of thioether (sulfide) groups is 1. The summed E-state index contributed by atoms with van der Waals surface area (Å²) in [5, 5.41) is 10.8. The van der Waals surface area contributed by atoms with Gasteiger partial charge >= 0.3 is 5.97 Å². The zero-order valence-corrected chi connectivity index (χ0v) is 14.8. The van der Waals surface area contributed by atoms with Gasteiger partial charge in [-0.2, -0.15) is 0 Å². The predicted molar refractivity (Wildman–Crippen MR) is 95.9 cm³/mol. The van der Waals surface area contributed by atoms with Crippen molar-refractivity contribution in [2.75, 3.05) is 12.4 Å². The molecular formula is C18H19NO5S. The number of non-ortho nitro benzene ring substituents is 1. The van der Waals surface area contributed by atoms with Crippen LogP contribution in [0.2, 0.25) is 0 Å². The highest BCUT2D eigenvalue weighted by molar-refractivity contribution is 8.00. The second kappa shape index (κ2) is 9.08. The highest BCUT2D eigenvalue weighted by atomic mass is 32.2. The average molecular weight is 361 g/mol. The van der Waals surface area contributed by atoms with Gasteiger partial charge in [0.2, 0.25) is 0 Å². The molecule has 0 aliphatic heterocycles. The topological polar surface area (TPSA) is 78.7 Å². The van der Waals surface area contributed by atoms with E-state index in [4.69, 9.17) is 9.47 Å². The Labute approximate surface area is 150 Å². The minimum absolute atomic E-state index is 0.0239. The van der Waals surface area contributed by atoms with Crippen molar-refractivity contribution in [2.24, 2.45) is 0 Å². The van der Waals surface area contributed by atoms with Crippen LogP contribution in [0, 0.1) is 10.1 Å². The van der Waals surface area contributed by atoms with Crippen molar-refractivity contribution in [1.29, 1.82) is 0 Å². The van der Waals surface area contributed by atoms with E-state index in [2.05, 4.69) is 0 Å². The molecule has 0 bridgehead atoms. The third kappa shape index (κ3) is 5.79. The van der Waals surface area contributed by atoms with Crippen LogP contribution < -0.4 is 4.74 Å². The Morgan fingerprint density at radius 3 is 2.60 bits per heavy atom. The molecule has 0 aliphatic rings. The number of nitrogens with zero attached hydrogens (tertiary/aromatic N) is 1. The fourth-order valence-corrected chi connectivity index (χ4v) is 2.81. The first-order valence-electron chi connectivity index (χ1n) is 7.79. The molecule has 0 N–H and O–H groups in total. The number of carbonyl (C=O) groups excluding carboxylic acids is 1. The van der Waals surface area contributed by atoms with Crippen molar-refractivity contribution < 1.29 is 19.2 Å². The summed E-state index contributed by atoms with van der Waals surface area (Å²) >= 11 is 1.36. The maximum atomic E-state index is 12.0. The Morgan fingerprint density at radius 2 is 1.96 bits per heavy atom. The van der Waals surface area contributed by atoms with Gasteiger partial charge in [-0.1, -0.05) is 12.1 Å². The third-order valence-corrected chi connectivity index (χ3v) is 4.34. The van der Waals surface area contributed by atoms with Crippen LogP contribution in [0.5, 0.6) is 5.75 Å². The Morgan fingerprint density at radius 1 is 1.24 bits per heavy atom. The third-order valence-electron chi connectivity index (χ3n) is 3.35. The normalized spacial score (nSPS) is 11.6. The zero-order valence-electron chi connectivity index (χ0n) is 14.0. The molecule has 0 unspecified atom stereocenters. The van der Waals surface area contributed by atoms with Crippen molar-refractivity contribution in [2.45, 2.75) is 24.8 Å². The van der Waals surface area contributed by atoms with Gasteiger partial charge < -0.3 is 9.47 Å². The quantitative estimate of drug-likeness (QED) is 0.300. The van der Waals surface area contributed by atoms with Gasteiger partial charge in [-0.15, -0.1) is 11.8 Å². The number of carbonyl (C=O) groups is 1. The number of ether oxygens (including phenoxy) is 2. The van der Waals surface area contributed by atoms with Gasteiger partial charge in [0.05, 0.1) is 17.3 Å². The maximum Gasteiger partial charge on any atom is 0.316 e. The molecule has 2 aromatic rings. The van der Waals surface area contributed by atoms with Crippen LogP contribution >= 0.6 is 11.8 Å². The van der Waals surface area contributed by atoms with E-state index in [9.17, 15) is 14.9 Å². The molecule has 0 spiro atoms. The molecule has 2 aromatic carbocycles. The molecule has 0 radical (unpaired) electrons. The standard InChI is InChI=1S/C18H19NO5S/c1-3-23-16-7-9-17(10-8-16)25-12-18(20)24-13(2)14-5-4-6-15(11-14)19(21)22/h4-11,13H,3,12H2,1-2H3/t13-/m0/s1. The lowest BCUT2D eigenvalue weighted by molar-refractivity contribution is -0.385. The van der Waals surface area contributed by atoms with Crippen LogP contribution in [0.1, 0.15) is 25.5 Å². The first-order valence-corrected chi connectivity index (χ1v) is 8.77. The number of esters is 1. The Bertz CT molecular complexity index is 733. The zero-order chi connectivity index (χ0) is 18.2. The smallest absolute Gasteiger partial charge is 0.316 e. The summed E-state index contributed by atoms with van der Waals surface area (Å²) in [6.07, 6.45) is -0.548. The molecule has 7 heteroatoms. The lowest BCUT2D eigenvalue weighted by Crippen LogP contribution is -2.11. The summed E-state index contributed by atoms with van der Waals surface area (Å²) < 4.78 is 10.7. The summed E-state index contributed by atoms with van der Waals surface area (Å²) in [4.78, 5) is 23.3. The van der Waals surface area contributed by atoms with Gasteiger partial charge in [-0.25, -0.2) is 0 Å². The Hall–Kier alpha value is -2.54. The largest absolute Gasteiger partial charge is 0.494 e. The second-order valence-corrected chi connectivity index (χ2v) is 6.23. The monoisotopic (exact) mass is 361 g/mol. The van der Waals surface area contributed by atoms with Crippen LogP contribution in [0.15, 0.2) is 53.4 Å². The van der Waals surface area contributed by atoms with Crippen LogP contribution in [-0.2, 0) is 9.53 Å². The van der Waals surface area contributed by atoms with Gasteiger partial charge in [0.1, 0.15) is 11.9 Å². The van der Waals surface area contributed by atoms with Gasteiger partial charge in [0.15, 0.2) is 0 Å². The molecule has 0 saturated heterocycles. The summed E-state index contributed by atoms with van der Waals surface area (Å²) in [7, 11) is 0. The maximum absolute atomic E-state index is 12.0. The molecule has 0 aromatic heterocycles. The molecule has 0 aliphatic carbocycles. The van der Waals surface area contributed by atoms with Crippen LogP contribution in [-0.4, -0.2) is 23.3 Å². The van der Waals surface area contributed by atoms with Gasteiger partial charge in [-0.3, -0.25) is 14.9 Å². The summed E-state index contributed by atoms with van der Waals surface area (Å²) in [6, 6.07) is 13.6. The SMILES string of the molecule is CCOc1ccc(SCC(=O)O[C@@H](C)c2cccc([N+](=O)[O-])c2)cc1. The number of rotatable bonds is 8. The minimum Gasteiger partial charge on any atom is -0.494 e. The summed E-state index contributed by atoms with van der Waals surface area (Å²) in [5.41, 5.74) is 0.567. The average Bonchev–Trinajstić information content (AvgIpc) is 2.61. The fraction of sp³-hybridized carbons (Fsp3) is 0.278. The van der Waals surface area contributed by atoms with Crippen molar-refractivity contribution in [3.8, 4) is 5.75 Å². The van der Waals surface area contributed by atoms with Gasteiger partial charge in [0, 0.05) is 17.0 Å². The van der Waals surface area contributed by atoms with Crippen molar-refractivity contribution in [3.63, 3.8) is 0 Å². The molecule has 1 atom stereocenters. The van der Waals surface area contributed by atoms with Gasteiger partial charge in [-0.05, 0) is 43.7 Å². The molecule has 25 heavy (non-hydrogen) atoms. The second-order valence-electron chi connectivity index (χ2n) is 5.18. The highest BCUT2D eigenvalue weighted by Gasteiger charge is 2.15. The van der Waals surface area contributed by atoms with Crippen molar-refractivity contribution in [1.82, 2.24) is 0 Å². The van der Waals surface area contributed by atoms with E-state index < -0.39 is 11.0 Å². The molecule has 0 amide bonds. The minimum atomic E-state index is -0.548. The van der Waals surface area contributed by atoms with Crippen molar-refractivity contribution >= 4 is 23.4 Å². The van der Waals surface area contributed by atoms with E-state index >= 15 is 0 Å². The van der Waals surface area contributed by atoms with E-state index in [0.29, 0.717) is 12.2 Å². The first-order chi connectivity index (χ1) is 12.0. The molecule has 0 saturated carbocycles. The van der Waals surface area contributed by atoms with E-state index in [-0.39, 0.29) is 17.4 Å². The number of hydrogen-bond acceptors (Lipinski definition) is 6. The van der Waals surface area contributed by atoms with Crippen LogP contribution in [0.3, 0.4) is 0 Å². The molecule has 0 heterocycles. The number of nitro groups is 1. The van der Waals surface area contributed by atoms with E-state index in [1.165, 1.54) is 23.9 Å². The van der Waals surface area contributed by atoms with Gasteiger partial charge in [0.25, 0.3) is 5.69 Å². The van der Waals surface area contributed by atoms with Crippen LogP contribution in [0.25, 0.3) is 0 Å². The summed E-state index contributed by atoms with van der Waals surface area (Å²) in [5.74, 6) is 0.569. The predicted octanol–water partition coefficient (Wildman–Crippen LogP) is 4.39. The molecule has 132 valence electrons. The summed E-state index contributed by atoms with van der Waals surface area (Å²) in [6.45, 7) is 4.22. The highest BCUT2D eigenvalue weighted by Crippen LogP contribution is 2.24. The fourth-order valence-electron chi connectivity index (χ4n) is 2.13. The lowest BCUT2D eigenvalue weighted by Gasteiger charge is -2.13. The first kappa shape index (κ1) is 18.8. The molecule has 6 nitrogen and oxygen atoms in total. The van der Waals surface area contributed by atoms with E-state index in [1.54, 1.807) is 19.1 Å². The van der Waals surface area contributed by atoms with Crippen LogP contribution in [0.4, 0.5) is 5.69 Å². The molecule has 0 fully saturated rings. The number of benzene rings is 2. The lowest BCUT2D eigenvalue weighted by atomic mass is 10.1.